The van der Waals surface area contributed by atoms with Crippen molar-refractivity contribution >= 4 is 33.5 Å². The molecule has 1 aliphatic heterocycles. The summed E-state index contributed by atoms with van der Waals surface area (Å²) in [4.78, 5) is 8.03. The van der Waals surface area contributed by atoms with E-state index < -0.39 is 12.0 Å². The van der Waals surface area contributed by atoms with Gasteiger partial charge in [0.1, 0.15) is 5.52 Å². The number of aromatic nitrogens is 3. The van der Waals surface area contributed by atoms with Crippen molar-refractivity contribution in [2.45, 2.75) is 32.0 Å². The number of nitrogens with zero attached hydrogens (tertiary/aromatic N) is 3. The lowest BCUT2D eigenvalue weighted by Gasteiger charge is -2.23. The van der Waals surface area contributed by atoms with Crippen LogP contribution in [0.2, 0.25) is 5.15 Å². The molecule has 26 heavy (non-hydrogen) atoms. The smallest absolute Gasteiger partial charge is 0.320 e. The lowest BCUT2D eigenvalue weighted by molar-refractivity contribution is -0.147. The number of alkyl halides is 3. The van der Waals surface area contributed by atoms with E-state index in [1.807, 2.05) is 0 Å². The van der Waals surface area contributed by atoms with E-state index in [4.69, 9.17) is 11.6 Å². The molecule has 0 unspecified atom stereocenters. The van der Waals surface area contributed by atoms with Gasteiger partial charge in [0.05, 0.1) is 11.0 Å². The fourth-order valence-corrected chi connectivity index (χ4v) is 3.94. The van der Waals surface area contributed by atoms with Crippen LogP contribution in [0, 0.1) is 5.92 Å². The van der Waals surface area contributed by atoms with Gasteiger partial charge in [-0.2, -0.15) is 13.2 Å². The molecular formula is C18H18ClF3N4. The van der Waals surface area contributed by atoms with Crippen LogP contribution in [0.1, 0.15) is 25.1 Å². The van der Waals surface area contributed by atoms with Gasteiger partial charge < -0.3 is 9.88 Å². The highest BCUT2D eigenvalue weighted by Gasteiger charge is 2.38. The maximum atomic E-state index is 13.6. The van der Waals surface area contributed by atoms with Gasteiger partial charge in [0.15, 0.2) is 5.15 Å². The van der Waals surface area contributed by atoms with E-state index in [9.17, 15) is 13.2 Å². The third-order valence-corrected chi connectivity index (χ3v) is 5.28. The van der Waals surface area contributed by atoms with Gasteiger partial charge >= 0.3 is 6.18 Å². The summed E-state index contributed by atoms with van der Waals surface area (Å²) in [6.07, 6.45) is -1.89. The molecule has 138 valence electrons. The molecule has 0 spiro atoms. The number of imidazole rings is 1. The van der Waals surface area contributed by atoms with E-state index in [0.29, 0.717) is 28.8 Å². The van der Waals surface area contributed by atoms with Gasteiger partial charge in [0.2, 0.25) is 5.82 Å². The van der Waals surface area contributed by atoms with E-state index in [1.165, 1.54) is 4.57 Å². The summed E-state index contributed by atoms with van der Waals surface area (Å²) >= 11 is 6.16. The number of para-hydroxylation sites is 1. The molecule has 4 rings (SSSR count). The zero-order chi connectivity index (χ0) is 18.3. The third-order valence-electron chi connectivity index (χ3n) is 5.01. The normalized spacial score (nSPS) is 16.6. The monoisotopic (exact) mass is 382 g/mol. The molecule has 3 aromatic rings. The molecule has 1 saturated heterocycles. The summed E-state index contributed by atoms with van der Waals surface area (Å²) in [6.45, 7) is 2.10. The molecule has 8 heteroatoms. The predicted molar refractivity (Wildman–Crippen MR) is 95.3 cm³/mol. The van der Waals surface area contributed by atoms with E-state index >= 15 is 0 Å². The second kappa shape index (κ2) is 6.70. The number of benzene rings is 1. The number of pyridine rings is 1. The van der Waals surface area contributed by atoms with Gasteiger partial charge in [-0.05, 0) is 44.3 Å². The Hall–Kier alpha value is -1.86. The Kier molecular flexibility index (Phi) is 4.52. The van der Waals surface area contributed by atoms with Crippen molar-refractivity contribution < 1.29 is 13.2 Å². The SMILES string of the molecule is FC(F)(F)c1nc2c(Cl)nc3ccccc3c2n1CCC1CCNCC1. The largest absolute Gasteiger partial charge is 0.449 e. The van der Waals surface area contributed by atoms with Gasteiger partial charge in [-0.1, -0.05) is 29.8 Å². The summed E-state index contributed by atoms with van der Waals surface area (Å²) in [6, 6.07) is 7.09. The number of halogens is 4. The van der Waals surface area contributed by atoms with Crippen LogP contribution in [0.4, 0.5) is 13.2 Å². The Bertz CT molecular complexity index is 945. The number of nitrogens with one attached hydrogen (secondary N) is 1. The molecular weight excluding hydrogens is 365 g/mol. The van der Waals surface area contributed by atoms with Crippen LogP contribution in [0.15, 0.2) is 24.3 Å². The number of hydrogen-bond acceptors (Lipinski definition) is 3. The van der Waals surface area contributed by atoms with Crippen molar-refractivity contribution in [3.05, 3.63) is 35.2 Å². The summed E-state index contributed by atoms with van der Waals surface area (Å²) < 4.78 is 42.2. The summed E-state index contributed by atoms with van der Waals surface area (Å²) in [5.41, 5.74) is 1.10. The molecule has 0 bridgehead atoms. The number of aryl methyl sites for hydroxylation is 1. The van der Waals surface area contributed by atoms with Gasteiger partial charge in [0.25, 0.3) is 0 Å². The van der Waals surface area contributed by atoms with Gasteiger partial charge in [-0.3, -0.25) is 0 Å². The fourth-order valence-electron chi connectivity index (χ4n) is 3.72. The fraction of sp³-hybridized carbons (Fsp3) is 0.444. The highest BCUT2D eigenvalue weighted by molar-refractivity contribution is 6.35. The number of piperidine rings is 1. The van der Waals surface area contributed by atoms with Gasteiger partial charge in [0, 0.05) is 11.9 Å². The van der Waals surface area contributed by atoms with Crippen LogP contribution >= 0.6 is 11.6 Å². The minimum atomic E-state index is -4.54. The summed E-state index contributed by atoms with van der Waals surface area (Å²) in [5, 5.41) is 3.92. The molecule has 3 heterocycles. The second-order valence-electron chi connectivity index (χ2n) is 6.68. The van der Waals surface area contributed by atoms with Gasteiger partial charge in [-0.15, -0.1) is 0 Å². The Morgan fingerprint density at radius 2 is 1.88 bits per heavy atom. The van der Waals surface area contributed by atoms with Crippen LogP contribution in [0.5, 0.6) is 0 Å². The lowest BCUT2D eigenvalue weighted by atomic mass is 9.94. The topological polar surface area (TPSA) is 42.7 Å². The predicted octanol–water partition coefficient (Wildman–Crippen LogP) is 4.65. The lowest BCUT2D eigenvalue weighted by Crippen LogP contribution is -2.28. The number of hydrogen-bond donors (Lipinski definition) is 1. The van der Waals surface area contributed by atoms with Crippen molar-refractivity contribution in [2.24, 2.45) is 5.92 Å². The van der Waals surface area contributed by atoms with Crippen LogP contribution in [-0.4, -0.2) is 27.6 Å². The van der Waals surface area contributed by atoms with E-state index in [1.54, 1.807) is 24.3 Å². The zero-order valence-electron chi connectivity index (χ0n) is 14.0. The van der Waals surface area contributed by atoms with Crippen LogP contribution in [-0.2, 0) is 12.7 Å². The average molecular weight is 383 g/mol. The Labute approximate surface area is 153 Å². The Morgan fingerprint density at radius 1 is 1.15 bits per heavy atom. The zero-order valence-corrected chi connectivity index (χ0v) is 14.7. The molecule has 0 saturated carbocycles. The number of rotatable bonds is 3. The molecule has 0 atom stereocenters. The molecule has 1 fully saturated rings. The summed E-state index contributed by atoms with van der Waals surface area (Å²) in [5.74, 6) is -0.486. The van der Waals surface area contributed by atoms with Crippen LogP contribution in [0.25, 0.3) is 21.9 Å². The maximum absolute atomic E-state index is 13.6. The maximum Gasteiger partial charge on any atom is 0.449 e. The molecule has 1 aliphatic rings. The van der Waals surface area contributed by atoms with Crippen molar-refractivity contribution in [2.75, 3.05) is 13.1 Å². The molecule has 1 aromatic carbocycles. The van der Waals surface area contributed by atoms with Crippen molar-refractivity contribution in [3.8, 4) is 0 Å². The van der Waals surface area contributed by atoms with Crippen LogP contribution < -0.4 is 5.32 Å². The Balaban J connectivity index is 1.86. The quantitative estimate of drug-likeness (QED) is 0.671. The number of fused-ring (bicyclic) bond motifs is 3. The first-order chi connectivity index (χ1) is 12.4. The van der Waals surface area contributed by atoms with Gasteiger partial charge in [-0.25, -0.2) is 9.97 Å². The van der Waals surface area contributed by atoms with E-state index in [2.05, 4.69) is 15.3 Å². The third kappa shape index (κ3) is 3.14. The van der Waals surface area contributed by atoms with Crippen molar-refractivity contribution in [1.29, 1.82) is 0 Å². The first kappa shape index (κ1) is 17.5. The minimum absolute atomic E-state index is 0.00446. The van der Waals surface area contributed by atoms with E-state index in [0.717, 1.165) is 25.9 Å². The minimum Gasteiger partial charge on any atom is -0.320 e. The first-order valence-corrected chi connectivity index (χ1v) is 9.05. The van der Waals surface area contributed by atoms with Crippen molar-refractivity contribution in [3.63, 3.8) is 0 Å². The second-order valence-corrected chi connectivity index (χ2v) is 7.04. The molecule has 0 amide bonds. The molecule has 0 radical (unpaired) electrons. The molecule has 4 nitrogen and oxygen atoms in total. The summed E-state index contributed by atoms with van der Waals surface area (Å²) in [7, 11) is 0. The molecule has 1 N–H and O–H groups in total. The highest BCUT2D eigenvalue weighted by Crippen LogP contribution is 2.36. The average Bonchev–Trinajstić information content (AvgIpc) is 3.02. The molecule has 2 aromatic heterocycles. The highest BCUT2D eigenvalue weighted by atomic mass is 35.5. The molecule has 0 aliphatic carbocycles. The standard InChI is InChI=1S/C18H18ClF3N4/c19-16-14-15(12-3-1-2-4-13(12)24-16)26(17(25-14)18(20,21)22)10-7-11-5-8-23-9-6-11/h1-4,11,23H,5-10H2. The Morgan fingerprint density at radius 3 is 2.62 bits per heavy atom. The first-order valence-electron chi connectivity index (χ1n) is 8.67. The van der Waals surface area contributed by atoms with Crippen molar-refractivity contribution in [1.82, 2.24) is 19.9 Å². The van der Waals surface area contributed by atoms with Crippen LogP contribution in [0.3, 0.4) is 0 Å². The van der Waals surface area contributed by atoms with E-state index in [-0.39, 0.29) is 17.2 Å².